The van der Waals surface area contributed by atoms with Crippen molar-refractivity contribution in [2.24, 2.45) is 0 Å². The van der Waals surface area contributed by atoms with E-state index in [2.05, 4.69) is 8.37 Å². The van der Waals surface area contributed by atoms with Gasteiger partial charge in [0.15, 0.2) is 0 Å². The molecule has 0 aromatic rings. The highest BCUT2D eigenvalue weighted by molar-refractivity contribution is 7.90. The van der Waals surface area contributed by atoms with Crippen molar-refractivity contribution in [3.05, 3.63) is 0 Å². The summed E-state index contributed by atoms with van der Waals surface area (Å²) in [5.74, 6) is -1.94. The fraction of sp³-hybridized carbons (Fsp3) is 0.500. The zero-order valence-electron chi connectivity index (χ0n) is 6.65. The molecule has 0 N–H and O–H groups in total. The summed E-state index contributed by atoms with van der Waals surface area (Å²) in [5.41, 5.74) is 0. The van der Waals surface area contributed by atoms with Crippen LogP contribution in [0.25, 0.3) is 0 Å². The fourth-order valence-electron chi connectivity index (χ4n) is 0.420. The van der Waals surface area contributed by atoms with Crippen LogP contribution in [0.2, 0.25) is 0 Å². The van der Waals surface area contributed by atoms with Gasteiger partial charge in [-0.25, -0.2) is 0 Å². The quantitative estimate of drug-likeness (QED) is 0.373. The molecular weight excluding hydrogens is 240 g/mol. The minimum atomic E-state index is -4.23. The predicted molar refractivity (Wildman–Crippen MR) is 41.9 cm³/mol. The van der Waals surface area contributed by atoms with Gasteiger partial charge in [-0.2, -0.15) is 16.8 Å². The van der Waals surface area contributed by atoms with Gasteiger partial charge in [-0.05, 0) is 0 Å². The molecule has 0 saturated heterocycles. The van der Waals surface area contributed by atoms with Crippen molar-refractivity contribution in [1.82, 2.24) is 0 Å². The second-order valence-corrected chi connectivity index (χ2v) is 5.34. The Balaban J connectivity index is 4.32. The Morgan fingerprint density at radius 1 is 0.786 bits per heavy atom. The molecule has 0 amide bonds. The summed E-state index contributed by atoms with van der Waals surface area (Å²) in [6.07, 6.45) is 0. The molecule has 0 heterocycles. The van der Waals surface area contributed by atoms with E-state index in [-0.39, 0.29) is 12.9 Å². The molecule has 0 aliphatic rings. The van der Waals surface area contributed by atoms with Crippen molar-refractivity contribution >= 4 is 33.2 Å². The van der Waals surface area contributed by atoms with E-state index in [4.69, 9.17) is 0 Å². The molecule has 14 heavy (non-hydrogen) atoms. The van der Waals surface area contributed by atoms with Crippen LogP contribution in [0.5, 0.6) is 0 Å². The van der Waals surface area contributed by atoms with Crippen molar-refractivity contribution in [2.75, 3.05) is 11.5 Å². The summed E-state index contributed by atoms with van der Waals surface area (Å²) in [5, 5.41) is 0. The van der Waals surface area contributed by atoms with Gasteiger partial charge in [0.2, 0.25) is 0 Å². The van der Waals surface area contributed by atoms with Crippen LogP contribution < -0.4 is 0 Å². The molecule has 0 fully saturated rings. The van der Waals surface area contributed by atoms with Gasteiger partial charge >= 0.3 is 33.2 Å². The van der Waals surface area contributed by atoms with Gasteiger partial charge in [-0.15, -0.1) is 0 Å². The van der Waals surface area contributed by atoms with Gasteiger partial charge in [0.1, 0.15) is 11.5 Å². The van der Waals surface area contributed by atoms with Crippen LogP contribution in [0.3, 0.4) is 0 Å². The Labute approximate surface area is 80.1 Å². The van der Waals surface area contributed by atoms with Crippen molar-refractivity contribution in [1.29, 1.82) is 0 Å². The molecule has 8 nitrogen and oxygen atoms in total. The van der Waals surface area contributed by atoms with Crippen LogP contribution in [0.15, 0.2) is 0 Å². The molecule has 0 radical (unpaired) electrons. The molecule has 0 aromatic carbocycles. The largest absolute Gasteiger partial charge is 0.348 e. The first-order chi connectivity index (χ1) is 6.33. The van der Waals surface area contributed by atoms with Crippen LogP contribution >= 0.6 is 0 Å². The Morgan fingerprint density at radius 3 is 1.29 bits per heavy atom. The smallest absolute Gasteiger partial charge is 0.312 e. The molecule has 0 unspecified atom stereocenters. The molecule has 10 heteroatoms. The molecule has 0 aliphatic heterocycles. The highest BCUT2D eigenvalue weighted by atomic mass is 32.2. The lowest BCUT2D eigenvalue weighted by Crippen LogP contribution is -2.20. The molecule has 0 rings (SSSR count). The van der Waals surface area contributed by atoms with Crippen LogP contribution in [-0.4, -0.2) is 41.3 Å². The monoisotopic (exact) mass is 246 g/mol. The first-order valence-electron chi connectivity index (χ1n) is 3.02. The third-order valence-electron chi connectivity index (χ3n) is 0.955. The normalized spacial score (nSPS) is 11.7. The molecular formula is C4H6O8S2. The van der Waals surface area contributed by atoms with E-state index >= 15 is 0 Å². The van der Waals surface area contributed by atoms with Gasteiger partial charge in [0.05, 0.1) is 0 Å². The Hall–Kier alpha value is -1.16. The van der Waals surface area contributed by atoms with Gasteiger partial charge in [-0.1, -0.05) is 0 Å². The van der Waals surface area contributed by atoms with Crippen LogP contribution in [0, 0.1) is 0 Å². The van der Waals surface area contributed by atoms with E-state index in [1.807, 2.05) is 0 Å². The standard InChI is InChI=1S/C4H6O8S2/c5-3-11-13(7,8)1-2-14(9,10)12-4-6/h3-4H,1-2H2. The fourth-order valence-corrected chi connectivity index (χ4v) is 2.48. The molecule has 0 saturated carbocycles. The van der Waals surface area contributed by atoms with E-state index in [9.17, 15) is 26.4 Å². The van der Waals surface area contributed by atoms with Crippen molar-refractivity contribution < 1.29 is 34.8 Å². The molecule has 0 spiro atoms. The highest BCUT2D eigenvalue weighted by Crippen LogP contribution is 1.96. The highest BCUT2D eigenvalue weighted by Gasteiger charge is 2.19. The lowest BCUT2D eigenvalue weighted by molar-refractivity contribution is -0.121. The summed E-state index contributed by atoms with van der Waals surface area (Å²) in [6, 6.07) is 0. The van der Waals surface area contributed by atoms with Crippen LogP contribution in [-0.2, 0) is 38.2 Å². The topological polar surface area (TPSA) is 121 Å². The van der Waals surface area contributed by atoms with E-state index in [0.29, 0.717) is 0 Å². The Morgan fingerprint density at radius 2 is 1.07 bits per heavy atom. The van der Waals surface area contributed by atoms with E-state index < -0.39 is 31.7 Å². The van der Waals surface area contributed by atoms with Crippen molar-refractivity contribution in [2.45, 2.75) is 0 Å². The van der Waals surface area contributed by atoms with Gasteiger partial charge in [-0.3, -0.25) is 9.59 Å². The maximum Gasteiger partial charge on any atom is 0.312 e. The molecule has 0 bridgehead atoms. The average molecular weight is 246 g/mol. The Kier molecular flexibility index (Phi) is 4.50. The summed E-state index contributed by atoms with van der Waals surface area (Å²) in [6.45, 7) is -0.689. The molecule has 0 aliphatic carbocycles. The molecule has 82 valence electrons. The van der Waals surface area contributed by atoms with E-state index in [1.54, 1.807) is 0 Å². The predicted octanol–water partition coefficient (Wildman–Crippen LogP) is -2.01. The number of carbonyl (C=O) groups excluding carboxylic acids is 2. The van der Waals surface area contributed by atoms with E-state index in [0.717, 1.165) is 0 Å². The summed E-state index contributed by atoms with van der Waals surface area (Å²) < 4.78 is 49.7. The summed E-state index contributed by atoms with van der Waals surface area (Å²) in [7, 11) is -8.45. The minimum Gasteiger partial charge on any atom is -0.348 e. The maximum atomic E-state index is 10.6. The third-order valence-corrected chi connectivity index (χ3v) is 3.37. The van der Waals surface area contributed by atoms with Crippen LogP contribution in [0.4, 0.5) is 0 Å². The minimum absolute atomic E-state index is 0.345. The first-order valence-corrected chi connectivity index (χ1v) is 6.17. The van der Waals surface area contributed by atoms with Gasteiger partial charge < -0.3 is 8.37 Å². The second-order valence-electron chi connectivity index (χ2n) is 1.91. The third kappa shape index (κ3) is 5.48. The zero-order valence-corrected chi connectivity index (χ0v) is 8.28. The number of carbonyl (C=O) groups is 2. The van der Waals surface area contributed by atoms with Gasteiger partial charge in [0.25, 0.3) is 0 Å². The lowest BCUT2D eigenvalue weighted by atomic mass is 11.0. The van der Waals surface area contributed by atoms with Crippen molar-refractivity contribution in [3.63, 3.8) is 0 Å². The Bertz CT molecular complexity index is 349. The summed E-state index contributed by atoms with van der Waals surface area (Å²) in [4.78, 5) is 19.3. The number of hydrogen-bond acceptors (Lipinski definition) is 8. The average Bonchev–Trinajstić information content (AvgIpc) is 2.01. The molecule has 0 atom stereocenters. The zero-order chi connectivity index (χ0) is 11.2. The maximum absolute atomic E-state index is 10.6. The second kappa shape index (κ2) is 4.91. The SMILES string of the molecule is O=COS(=O)(=O)CCS(=O)(=O)OC=O. The van der Waals surface area contributed by atoms with E-state index in [1.165, 1.54) is 0 Å². The number of hydrogen-bond donors (Lipinski definition) is 0. The number of rotatable bonds is 7. The van der Waals surface area contributed by atoms with Crippen molar-refractivity contribution in [3.8, 4) is 0 Å². The molecule has 0 aromatic heterocycles. The van der Waals surface area contributed by atoms with Gasteiger partial charge in [0, 0.05) is 0 Å². The first kappa shape index (κ1) is 12.8. The summed E-state index contributed by atoms with van der Waals surface area (Å²) >= 11 is 0. The van der Waals surface area contributed by atoms with Crippen LogP contribution in [0.1, 0.15) is 0 Å². The lowest BCUT2D eigenvalue weighted by Gasteiger charge is -2.00.